The molecule has 0 radical (unpaired) electrons. The minimum absolute atomic E-state index is 0.0842. The molecule has 1 atom stereocenters. The lowest BCUT2D eigenvalue weighted by Crippen LogP contribution is -2.35. The summed E-state index contributed by atoms with van der Waals surface area (Å²) >= 11 is 0. The molecule has 0 aliphatic heterocycles. The first kappa shape index (κ1) is 26.1. The quantitative estimate of drug-likeness (QED) is 0.417. The van der Waals surface area contributed by atoms with Gasteiger partial charge in [0.05, 0.1) is 46.5 Å². The highest BCUT2D eigenvalue weighted by Gasteiger charge is 2.37. The molecule has 0 fully saturated rings. The SMILES string of the molecule is COc1ccccc1OCCCNCCC(C#N)(c1cc(OC)c(OC)c(OC)c1)C(C)C. The fourth-order valence-electron chi connectivity index (χ4n) is 3.88. The molecule has 0 aliphatic carbocycles. The highest BCUT2D eigenvalue weighted by atomic mass is 16.5. The van der Waals surface area contributed by atoms with Gasteiger partial charge in [0.15, 0.2) is 23.0 Å². The van der Waals surface area contributed by atoms with Crippen molar-refractivity contribution in [2.75, 3.05) is 48.1 Å². The summed E-state index contributed by atoms with van der Waals surface area (Å²) in [5, 5.41) is 13.7. The lowest BCUT2D eigenvalue weighted by Gasteiger charge is -2.32. The Kier molecular flexibility index (Phi) is 10.1. The molecule has 0 saturated carbocycles. The van der Waals surface area contributed by atoms with E-state index in [0.717, 1.165) is 30.0 Å². The number of methoxy groups -OCH3 is 4. The molecule has 2 aromatic rings. The van der Waals surface area contributed by atoms with Gasteiger partial charge >= 0.3 is 0 Å². The summed E-state index contributed by atoms with van der Waals surface area (Å²) in [5.74, 6) is 3.17. The van der Waals surface area contributed by atoms with E-state index in [1.165, 1.54) is 0 Å². The number of nitrogens with zero attached hydrogens (tertiary/aromatic N) is 1. The van der Waals surface area contributed by atoms with Crippen molar-refractivity contribution < 1.29 is 23.7 Å². The van der Waals surface area contributed by atoms with Crippen molar-refractivity contribution in [3.8, 4) is 34.8 Å². The molecule has 180 valence electrons. The predicted molar refractivity (Wildman–Crippen MR) is 129 cm³/mol. The molecule has 7 nitrogen and oxygen atoms in total. The topological polar surface area (TPSA) is 82.0 Å². The second-order valence-corrected chi connectivity index (χ2v) is 8.00. The Labute approximate surface area is 197 Å². The molecule has 0 aromatic heterocycles. The van der Waals surface area contributed by atoms with Crippen LogP contribution < -0.4 is 29.0 Å². The highest BCUT2D eigenvalue weighted by molar-refractivity contribution is 5.56. The Morgan fingerprint density at radius 1 is 0.879 bits per heavy atom. The zero-order valence-electron chi connectivity index (χ0n) is 20.6. The third-order valence-corrected chi connectivity index (χ3v) is 5.89. The maximum Gasteiger partial charge on any atom is 0.203 e. The number of ether oxygens (including phenoxy) is 5. The minimum Gasteiger partial charge on any atom is -0.493 e. The van der Waals surface area contributed by atoms with Crippen LogP contribution in [0, 0.1) is 17.2 Å². The largest absolute Gasteiger partial charge is 0.493 e. The monoisotopic (exact) mass is 456 g/mol. The summed E-state index contributed by atoms with van der Waals surface area (Å²) in [7, 11) is 6.37. The molecule has 2 rings (SSSR count). The first-order valence-corrected chi connectivity index (χ1v) is 11.2. The van der Waals surface area contributed by atoms with E-state index in [1.807, 2.05) is 36.4 Å². The van der Waals surface area contributed by atoms with Gasteiger partial charge in [-0.1, -0.05) is 26.0 Å². The Hall–Kier alpha value is -3.11. The normalized spacial score (nSPS) is 12.5. The summed E-state index contributed by atoms with van der Waals surface area (Å²) in [5.41, 5.74) is 0.157. The van der Waals surface area contributed by atoms with Gasteiger partial charge in [0.2, 0.25) is 5.75 Å². The summed E-state index contributed by atoms with van der Waals surface area (Å²) < 4.78 is 27.6. The third kappa shape index (κ3) is 6.23. The Bertz CT molecular complexity index is 900. The molecular weight excluding hydrogens is 420 g/mol. The molecule has 0 bridgehead atoms. The van der Waals surface area contributed by atoms with Crippen molar-refractivity contribution in [2.24, 2.45) is 5.92 Å². The summed E-state index contributed by atoms with van der Waals surface area (Å²) in [4.78, 5) is 0. The average Bonchev–Trinajstić information content (AvgIpc) is 2.84. The van der Waals surface area contributed by atoms with E-state index >= 15 is 0 Å². The Morgan fingerprint density at radius 3 is 2.00 bits per heavy atom. The van der Waals surface area contributed by atoms with Crippen LogP contribution in [0.5, 0.6) is 28.7 Å². The number of hydrogen-bond acceptors (Lipinski definition) is 7. The third-order valence-electron chi connectivity index (χ3n) is 5.89. The zero-order chi connectivity index (χ0) is 24.3. The highest BCUT2D eigenvalue weighted by Crippen LogP contribution is 2.44. The fraction of sp³-hybridized carbons (Fsp3) is 0.500. The van der Waals surface area contributed by atoms with Crippen LogP contribution in [0.4, 0.5) is 0 Å². The minimum atomic E-state index is -0.701. The number of nitriles is 1. The van der Waals surface area contributed by atoms with E-state index < -0.39 is 5.41 Å². The molecule has 0 spiro atoms. The van der Waals surface area contributed by atoms with Crippen LogP contribution >= 0.6 is 0 Å². The molecule has 0 aliphatic rings. The molecule has 0 amide bonds. The van der Waals surface area contributed by atoms with Crippen LogP contribution in [0.3, 0.4) is 0 Å². The van der Waals surface area contributed by atoms with Gasteiger partial charge in [0.25, 0.3) is 0 Å². The average molecular weight is 457 g/mol. The van der Waals surface area contributed by atoms with E-state index in [-0.39, 0.29) is 5.92 Å². The fourth-order valence-corrected chi connectivity index (χ4v) is 3.88. The second kappa shape index (κ2) is 12.8. The van der Waals surface area contributed by atoms with Gasteiger partial charge in [-0.2, -0.15) is 5.26 Å². The van der Waals surface area contributed by atoms with Crippen molar-refractivity contribution in [1.82, 2.24) is 5.32 Å². The zero-order valence-corrected chi connectivity index (χ0v) is 20.6. The molecular formula is C26H36N2O5. The maximum absolute atomic E-state index is 10.2. The lowest BCUT2D eigenvalue weighted by atomic mass is 9.70. The predicted octanol–water partition coefficient (Wildman–Crippen LogP) is 4.59. The summed E-state index contributed by atoms with van der Waals surface area (Å²) in [6.07, 6.45) is 1.48. The van der Waals surface area contributed by atoms with Gasteiger partial charge in [-0.15, -0.1) is 0 Å². The second-order valence-electron chi connectivity index (χ2n) is 8.00. The smallest absolute Gasteiger partial charge is 0.203 e. The van der Waals surface area contributed by atoms with Crippen LogP contribution in [0.2, 0.25) is 0 Å². The van der Waals surface area contributed by atoms with Crippen LogP contribution in [-0.4, -0.2) is 48.1 Å². The van der Waals surface area contributed by atoms with Crippen molar-refractivity contribution in [2.45, 2.75) is 32.1 Å². The van der Waals surface area contributed by atoms with Crippen LogP contribution in [0.15, 0.2) is 36.4 Å². The molecule has 1 unspecified atom stereocenters. The van der Waals surface area contributed by atoms with E-state index in [1.54, 1.807) is 28.4 Å². The number of para-hydroxylation sites is 2. The molecule has 1 N–H and O–H groups in total. The van der Waals surface area contributed by atoms with Crippen molar-refractivity contribution in [3.05, 3.63) is 42.0 Å². The summed E-state index contributed by atoms with van der Waals surface area (Å²) in [6, 6.07) is 14.0. The molecule has 33 heavy (non-hydrogen) atoms. The van der Waals surface area contributed by atoms with Crippen molar-refractivity contribution in [1.29, 1.82) is 5.26 Å². The van der Waals surface area contributed by atoms with Crippen LogP contribution in [0.25, 0.3) is 0 Å². The van der Waals surface area contributed by atoms with Gasteiger partial charge < -0.3 is 29.0 Å². The molecule has 0 heterocycles. The number of hydrogen-bond donors (Lipinski definition) is 1. The molecule has 2 aromatic carbocycles. The van der Waals surface area contributed by atoms with Gasteiger partial charge in [-0.25, -0.2) is 0 Å². The van der Waals surface area contributed by atoms with E-state index in [0.29, 0.717) is 36.8 Å². The first-order chi connectivity index (χ1) is 16.0. The van der Waals surface area contributed by atoms with Gasteiger partial charge in [0, 0.05) is 0 Å². The first-order valence-electron chi connectivity index (χ1n) is 11.2. The summed E-state index contributed by atoms with van der Waals surface area (Å²) in [6.45, 7) is 6.18. The molecule has 7 heteroatoms. The van der Waals surface area contributed by atoms with Gasteiger partial charge in [-0.05, 0) is 61.7 Å². The number of benzene rings is 2. The van der Waals surface area contributed by atoms with E-state index in [4.69, 9.17) is 23.7 Å². The Balaban J connectivity index is 2.00. The number of rotatable bonds is 14. The van der Waals surface area contributed by atoms with Crippen molar-refractivity contribution in [3.63, 3.8) is 0 Å². The van der Waals surface area contributed by atoms with E-state index in [2.05, 4.69) is 25.2 Å². The van der Waals surface area contributed by atoms with Crippen LogP contribution in [0.1, 0.15) is 32.3 Å². The molecule has 0 saturated heterocycles. The van der Waals surface area contributed by atoms with Gasteiger partial charge in [0.1, 0.15) is 0 Å². The maximum atomic E-state index is 10.2. The standard InChI is InChI=1S/C26H36N2O5/c1-19(2)26(18-27,20-16-23(30-4)25(32-6)24(17-20)31-5)12-14-28-13-9-15-33-22-11-8-7-10-21(22)29-3/h7-8,10-11,16-17,19,28H,9,12-15H2,1-6H3. The van der Waals surface area contributed by atoms with E-state index in [9.17, 15) is 5.26 Å². The van der Waals surface area contributed by atoms with Gasteiger partial charge in [-0.3, -0.25) is 0 Å². The van der Waals surface area contributed by atoms with Crippen LogP contribution in [-0.2, 0) is 5.41 Å². The van der Waals surface area contributed by atoms with Crippen molar-refractivity contribution >= 4 is 0 Å². The lowest BCUT2D eigenvalue weighted by molar-refractivity contribution is 0.285. The number of nitrogens with one attached hydrogen (secondary N) is 1. The Morgan fingerprint density at radius 2 is 1.48 bits per heavy atom.